The molecule has 0 spiro atoms. The number of amides is 2. The van der Waals surface area contributed by atoms with Crippen molar-refractivity contribution in [3.05, 3.63) is 57.8 Å². The predicted molar refractivity (Wildman–Crippen MR) is 121 cm³/mol. The van der Waals surface area contributed by atoms with Gasteiger partial charge in [-0.15, -0.1) is 0 Å². The third kappa shape index (κ3) is 3.92. The van der Waals surface area contributed by atoms with Gasteiger partial charge in [-0.1, -0.05) is 19.3 Å². The fourth-order valence-electron chi connectivity index (χ4n) is 4.71. The minimum atomic E-state index is -0.319. The van der Waals surface area contributed by atoms with E-state index < -0.39 is 0 Å². The largest absolute Gasteiger partial charge is 0.350 e. The Hall–Kier alpha value is -3.42. The second kappa shape index (κ2) is 8.26. The normalized spacial score (nSPS) is 18.2. The van der Waals surface area contributed by atoms with Crippen LogP contribution < -0.4 is 16.2 Å². The second-order valence-electron chi connectivity index (χ2n) is 9.04. The van der Waals surface area contributed by atoms with Gasteiger partial charge in [-0.05, 0) is 55.0 Å². The van der Waals surface area contributed by atoms with Crippen LogP contribution in [0.1, 0.15) is 42.5 Å². The van der Waals surface area contributed by atoms with Gasteiger partial charge in [-0.25, -0.2) is 4.98 Å². The molecule has 166 valence electrons. The molecule has 3 aromatic heterocycles. The summed E-state index contributed by atoms with van der Waals surface area (Å²) >= 11 is 0. The first-order chi connectivity index (χ1) is 15.5. The number of aryl methyl sites for hydroxylation is 1. The van der Waals surface area contributed by atoms with Crippen molar-refractivity contribution in [3.8, 4) is 0 Å². The van der Waals surface area contributed by atoms with Gasteiger partial charge in [0.05, 0.1) is 0 Å². The standard InChI is InChI=1S/C24H27N5O3/c1-14-7-18-10-19(8-15-3-2-4-15)23(31)28-21(18)24(32)29(14)13-20(30)26-11-16-9-17-5-6-25-22(17)27-12-16/h5-7,9,12,15,19H,2-4,8,10-11,13H2,1H3,(H,25,27)(H,26,30)(H,28,31). The number of aromatic amines is 1. The summed E-state index contributed by atoms with van der Waals surface area (Å²) in [6, 6.07) is 5.82. The number of hydrogen-bond acceptors (Lipinski definition) is 4. The first-order valence-corrected chi connectivity index (χ1v) is 11.2. The number of rotatable bonds is 6. The molecule has 0 aromatic carbocycles. The number of aromatic nitrogens is 3. The highest BCUT2D eigenvalue weighted by Gasteiger charge is 2.32. The Kier molecular flexibility index (Phi) is 5.28. The first-order valence-electron chi connectivity index (χ1n) is 11.2. The van der Waals surface area contributed by atoms with Crippen molar-refractivity contribution in [2.75, 3.05) is 5.32 Å². The molecule has 8 heteroatoms. The van der Waals surface area contributed by atoms with Gasteiger partial charge in [0.25, 0.3) is 5.56 Å². The van der Waals surface area contributed by atoms with E-state index in [-0.39, 0.29) is 29.8 Å². The average molecular weight is 434 g/mol. The molecular weight excluding hydrogens is 406 g/mol. The molecule has 4 heterocycles. The number of carbonyl (C=O) groups is 2. The fourth-order valence-corrected chi connectivity index (χ4v) is 4.71. The molecule has 0 bridgehead atoms. The molecule has 1 saturated carbocycles. The van der Waals surface area contributed by atoms with Gasteiger partial charge in [0, 0.05) is 35.9 Å². The van der Waals surface area contributed by atoms with E-state index in [1.54, 1.807) is 6.20 Å². The van der Waals surface area contributed by atoms with Gasteiger partial charge >= 0.3 is 0 Å². The zero-order valence-corrected chi connectivity index (χ0v) is 18.1. The quantitative estimate of drug-likeness (QED) is 0.555. The lowest BCUT2D eigenvalue weighted by Gasteiger charge is -2.32. The van der Waals surface area contributed by atoms with Gasteiger partial charge in [-0.3, -0.25) is 14.4 Å². The Labute approximate surface area is 185 Å². The molecule has 0 saturated heterocycles. The molecule has 1 aliphatic heterocycles. The number of H-pyrrole nitrogens is 1. The SMILES string of the molecule is Cc1cc2c(c(=O)n1CC(=O)NCc1cnc3[nH]ccc3c1)NC(=O)C(CC1CCC1)C2. The van der Waals surface area contributed by atoms with E-state index in [1.165, 1.54) is 23.8 Å². The fraction of sp³-hybridized carbons (Fsp3) is 0.417. The summed E-state index contributed by atoms with van der Waals surface area (Å²) in [5.74, 6) is 0.214. The van der Waals surface area contributed by atoms with E-state index in [9.17, 15) is 14.4 Å². The lowest BCUT2D eigenvalue weighted by molar-refractivity contribution is -0.122. The minimum Gasteiger partial charge on any atom is -0.350 e. The van der Waals surface area contributed by atoms with Crippen molar-refractivity contribution in [1.29, 1.82) is 0 Å². The smallest absolute Gasteiger partial charge is 0.275 e. The van der Waals surface area contributed by atoms with Gasteiger partial charge in [-0.2, -0.15) is 0 Å². The van der Waals surface area contributed by atoms with Crippen molar-refractivity contribution < 1.29 is 9.59 Å². The van der Waals surface area contributed by atoms with Crippen LogP contribution in [0.5, 0.6) is 0 Å². The maximum atomic E-state index is 13.1. The number of hydrogen-bond donors (Lipinski definition) is 3. The molecule has 1 fully saturated rings. The number of fused-ring (bicyclic) bond motifs is 2. The Morgan fingerprint density at radius 1 is 1.28 bits per heavy atom. The summed E-state index contributed by atoms with van der Waals surface area (Å²) < 4.78 is 1.42. The monoisotopic (exact) mass is 433 g/mol. The molecule has 2 amide bonds. The summed E-state index contributed by atoms with van der Waals surface area (Å²) in [6.07, 6.45) is 8.65. The molecule has 3 N–H and O–H groups in total. The maximum absolute atomic E-state index is 13.1. The van der Waals surface area contributed by atoms with Crippen LogP contribution in [0.25, 0.3) is 11.0 Å². The highest BCUT2D eigenvalue weighted by atomic mass is 16.2. The highest BCUT2D eigenvalue weighted by molar-refractivity contribution is 5.95. The lowest BCUT2D eigenvalue weighted by atomic mass is 9.76. The molecule has 3 aromatic rings. The minimum absolute atomic E-state index is 0.0725. The third-order valence-electron chi connectivity index (χ3n) is 6.77. The topological polar surface area (TPSA) is 109 Å². The number of nitrogens with one attached hydrogen (secondary N) is 3. The van der Waals surface area contributed by atoms with Crippen molar-refractivity contribution in [2.24, 2.45) is 11.8 Å². The van der Waals surface area contributed by atoms with Crippen LogP contribution in [0.4, 0.5) is 5.69 Å². The summed E-state index contributed by atoms with van der Waals surface area (Å²) in [5, 5.41) is 6.66. The van der Waals surface area contributed by atoms with E-state index >= 15 is 0 Å². The molecule has 32 heavy (non-hydrogen) atoms. The Morgan fingerprint density at radius 3 is 2.91 bits per heavy atom. The number of carbonyl (C=O) groups excluding carboxylic acids is 2. The van der Waals surface area contributed by atoms with Crippen LogP contribution >= 0.6 is 0 Å². The Bertz CT molecular complexity index is 1250. The molecule has 2 aliphatic rings. The van der Waals surface area contributed by atoms with Crippen LogP contribution in [-0.2, 0) is 29.1 Å². The van der Waals surface area contributed by atoms with E-state index in [4.69, 9.17) is 0 Å². The molecule has 1 aliphatic carbocycles. The number of nitrogens with zero attached hydrogens (tertiary/aromatic N) is 2. The Morgan fingerprint density at radius 2 is 2.12 bits per heavy atom. The van der Waals surface area contributed by atoms with Gasteiger partial charge in [0.1, 0.15) is 17.9 Å². The molecule has 8 nitrogen and oxygen atoms in total. The zero-order valence-electron chi connectivity index (χ0n) is 18.1. The van der Waals surface area contributed by atoms with Crippen LogP contribution in [0.15, 0.2) is 35.4 Å². The lowest BCUT2D eigenvalue weighted by Crippen LogP contribution is -2.39. The van der Waals surface area contributed by atoms with Crippen molar-refractivity contribution in [2.45, 2.75) is 52.1 Å². The molecule has 5 rings (SSSR count). The molecule has 1 atom stereocenters. The number of anilines is 1. The van der Waals surface area contributed by atoms with E-state index in [0.717, 1.165) is 34.3 Å². The molecular formula is C24H27N5O3. The van der Waals surface area contributed by atoms with Crippen molar-refractivity contribution in [3.63, 3.8) is 0 Å². The molecule has 0 radical (unpaired) electrons. The second-order valence-corrected chi connectivity index (χ2v) is 9.04. The van der Waals surface area contributed by atoms with E-state index in [0.29, 0.717) is 24.6 Å². The predicted octanol–water partition coefficient (Wildman–Crippen LogP) is 2.65. The summed E-state index contributed by atoms with van der Waals surface area (Å²) in [5.41, 5.74) is 3.27. The van der Waals surface area contributed by atoms with Gasteiger partial charge in [0.15, 0.2) is 0 Å². The maximum Gasteiger partial charge on any atom is 0.275 e. The van der Waals surface area contributed by atoms with Crippen LogP contribution in [-0.4, -0.2) is 26.3 Å². The Balaban J connectivity index is 1.27. The van der Waals surface area contributed by atoms with Gasteiger partial charge in [0.2, 0.25) is 11.8 Å². The van der Waals surface area contributed by atoms with E-state index in [1.807, 2.05) is 31.3 Å². The van der Waals surface area contributed by atoms with Crippen LogP contribution in [0, 0.1) is 18.8 Å². The summed E-state index contributed by atoms with van der Waals surface area (Å²) in [4.78, 5) is 45.6. The molecule has 1 unspecified atom stereocenters. The number of pyridine rings is 2. The zero-order chi connectivity index (χ0) is 22.2. The summed E-state index contributed by atoms with van der Waals surface area (Å²) in [6.45, 7) is 2.06. The van der Waals surface area contributed by atoms with Crippen molar-refractivity contribution >= 4 is 28.5 Å². The summed E-state index contributed by atoms with van der Waals surface area (Å²) in [7, 11) is 0. The highest BCUT2D eigenvalue weighted by Crippen LogP contribution is 2.35. The van der Waals surface area contributed by atoms with Crippen LogP contribution in [0.3, 0.4) is 0 Å². The average Bonchev–Trinajstić information content (AvgIpc) is 3.21. The van der Waals surface area contributed by atoms with Crippen molar-refractivity contribution in [1.82, 2.24) is 19.9 Å². The van der Waals surface area contributed by atoms with E-state index in [2.05, 4.69) is 20.6 Å². The first kappa shape index (κ1) is 20.5. The van der Waals surface area contributed by atoms with Gasteiger partial charge < -0.3 is 20.2 Å². The third-order valence-corrected chi connectivity index (χ3v) is 6.77. The van der Waals surface area contributed by atoms with Crippen LogP contribution in [0.2, 0.25) is 0 Å².